The Hall–Kier alpha value is -4.34. The average molecular weight is 523 g/mol. The van der Waals surface area contributed by atoms with Crippen molar-refractivity contribution in [3.05, 3.63) is 71.9 Å². The number of benzene rings is 2. The third-order valence-corrected chi connectivity index (χ3v) is 5.96. The van der Waals surface area contributed by atoms with Gasteiger partial charge in [-0.05, 0) is 54.8 Å². The number of aromatic nitrogens is 1. The van der Waals surface area contributed by atoms with E-state index in [0.717, 1.165) is 16.5 Å². The van der Waals surface area contributed by atoms with Gasteiger partial charge in [-0.25, -0.2) is 4.79 Å². The van der Waals surface area contributed by atoms with Gasteiger partial charge in [0.1, 0.15) is 12.6 Å². The van der Waals surface area contributed by atoms with Crippen molar-refractivity contribution in [1.29, 1.82) is 0 Å². The molecule has 2 aromatic carbocycles. The van der Waals surface area contributed by atoms with Crippen LogP contribution >= 0.6 is 0 Å². The lowest BCUT2D eigenvalue weighted by molar-refractivity contribution is -0.137. The number of hydrogen-bond donors (Lipinski definition) is 5. The summed E-state index contributed by atoms with van der Waals surface area (Å²) < 4.78 is 5.19. The van der Waals surface area contributed by atoms with Crippen LogP contribution in [0.3, 0.4) is 0 Å². The first kappa shape index (κ1) is 28.2. The molecule has 0 aliphatic carbocycles. The molecule has 0 aliphatic rings. The number of carbonyl (C=O) groups is 4. The lowest BCUT2D eigenvalue weighted by Gasteiger charge is -2.19. The quantitative estimate of drug-likeness (QED) is 0.192. The Balaban J connectivity index is 1.48. The maximum Gasteiger partial charge on any atom is 0.407 e. The van der Waals surface area contributed by atoms with E-state index in [1.807, 2.05) is 42.5 Å². The number of H-pyrrole nitrogens is 1. The van der Waals surface area contributed by atoms with Gasteiger partial charge in [0.05, 0.1) is 0 Å². The van der Waals surface area contributed by atoms with E-state index in [0.29, 0.717) is 44.2 Å². The summed E-state index contributed by atoms with van der Waals surface area (Å²) in [7, 11) is 0. The topological polar surface area (TPSA) is 150 Å². The average Bonchev–Trinajstić information content (AvgIpc) is 3.39. The molecule has 0 bridgehead atoms. The fraction of sp³-hybridized carbons (Fsp3) is 0.357. The lowest BCUT2D eigenvalue weighted by atomic mass is 10.1. The molecule has 1 atom stereocenters. The van der Waals surface area contributed by atoms with Crippen LogP contribution in [0.2, 0.25) is 0 Å². The second kappa shape index (κ2) is 15.0. The van der Waals surface area contributed by atoms with Crippen LogP contribution in [0.15, 0.2) is 60.8 Å². The zero-order valence-corrected chi connectivity index (χ0v) is 21.2. The number of nitrogens with one attached hydrogen (secondary N) is 4. The maximum absolute atomic E-state index is 12.9. The highest BCUT2D eigenvalue weighted by Gasteiger charge is 2.21. The molecule has 0 saturated heterocycles. The molecule has 202 valence electrons. The lowest BCUT2D eigenvalue weighted by Crippen LogP contribution is -2.47. The molecule has 38 heavy (non-hydrogen) atoms. The van der Waals surface area contributed by atoms with Crippen LogP contribution in [-0.2, 0) is 20.9 Å². The number of carboxylic acid groups (broad SMARTS) is 1. The number of carboxylic acids is 1. The summed E-state index contributed by atoms with van der Waals surface area (Å²) in [6, 6.07) is 15.7. The van der Waals surface area contributed by atoms with Crippen LogP contribution < -0.4 is 16.0 Å². The van der Waals surface area contributed by atoms with Crippen LogP contribution in [0.4, 0.5) is 4.79 Å². The summed E-state index contributed by atoms with van der Waals surface area (Å²) >= 11 is 0. The highest BCUT2D eigenvalue weighted by Crippen LogP contribution is 2.14. The molecule has 0 spiro atoms. The van der Waals surface area contributed by atoms with E-state index in [2.05, 4.69) is 20.9 Å². The van der Waals surface area contributed by atoms with Gasteiger partial charge >= 0.3 is 12.1 Å². The summed E-state index contributed by atoms with van der Waals surface area (Å²) in [5.74, 6) is -1.55. The zero-order chi connectivity index (χ0) is 27.2. The summed E-state index contributed by atoms with van der Waals surface area (Å²) in [5.41, 5.74) is 2.12. The number of ether oxygens (including phenoxy) is 1. The fourth-order valence-corrected chi connectivity index (χ4v) is 3.88. The van der Waals surface area contributed by atoms with Gasteiger partial charge in [0.2, 0.25) is 5.91 Å². The monoisotopic (exact) mass is 522 g/mol. The van der Waals surface area contributed by atoms with Crippen LogP contribution in [0.1, 0.15) is 54.4 Å². The summed E-state index contributed by atoms with van der Waals surface area (Å²) in [4.78, 5) is 51.5. The molecule has 3 aromatic rings. The minimum atomic E-state index is -0.841. The Kier molecular flexibility index (Phi) is 11.2. The molecule has 1 aromatic heterocycles. The Morgan fingerprint density at radius 1 is 0.895 bits per heavy atom. The third kappa shape index (κ3) is 9.61. The van der Waals surface area contributed by atoms with Crippen molar-refractivity contribution in [2.45, 2.75) is 51.2 Å². The Bertz CT molecular complexity index is 1210. The fourth-order valence-electron chi connectivity index (χ4n) is 3.88. The third-order valence-electron chi connectivity index (χ3n) is 5.96. The number of fused-ring (bicyclic) bond motifs is 1. The van der Waals surface area contributed by atoms with Gasteiger partial charge in [-0.15, -0.1) is 0 Å². The van der Waals surface area contributed by atoms with E-state index in [-0.39, 0.29) is 31.4 Å². The summed E-state index contributed by atoms with van der Waals surface area (Å²) in [5, 5.41) is 18.0. The minimum absolute atomic E-state index is 0.0958. The number of amides is 3. The van der Waals surface area contributed by atoms with Gasteiger partial charge in [0, 0.05) is 36.8 Å². The first-order chi connectivity index (χ1) is 18.4. The van der Waals surface area contributed by atoms with Gasteiger partial charge in [0.15, 0.2) is 0 Å². The second-order valence-corrected chi connectivity index (χ2v) is 8.93. The number of aromatic amines is 1. The molecule has 5 N–H and O–H groups in total. The minimum Gasteiger partial charge on any atom is -0.481 e. The van der Waals surface area contributed by atoms with Gasteiger partial charge in [-0.3, -0.25) is 14.4 Å². The van der Waals surface area contributed by atoms with Gasteiger partial charge < -0.3 is 30.8 Å². The van der Waals surface area contributed by atoms with E-state index in [9.17, 15) is 19.2 Å². The molecular formula is C28H34N4O6. The highest BCUT2D eigenvalue weighted by atomic mass is 16.5. The Morgan fingerprint density at radius 3 is 2.47 bits per heavy atom. The number of rotatable bonds is 15. The second-order valence-electron chi connectivity index (χ2n) is 8.93. The number of aliphatic carboxylic acids is 1. The van der Waals surface area contributed by atoms with E-state index >= 15 is 0 Å². The van der Waals surface area contributed by atoms with Crippen molar-refractivity contribution in [2.75, 3.05) is 13.1 Å². The smallest absolute Gasteiger partial charge is 0.407 e. The van der Waals surface area contributed by atoms with E-state index in [1.54, 1.807) is 18.3 Å². The van der Waals surface area contributed by atoms with Crippen LogP contribution in [0.5, 0.6) is 0 Å². The molecule has 10 heteroatoms. The zero-order valence-electron chi connectivity index (χ0n) is 21.2. The van der Waals surface area contributed by atoms with Crippen LogP contribution in [0.25, 0.3) is 10.9 Å². The molecule has 0 aliphatic heterocycles. The number of alkyl carbamates (subject to hydrolysis) is 1. The SMILES string of the molecule is O=C(O)CCCCCNC(=O)[C@H](CCCNC(=O)OCc1ccccc1)NC(=O)c1ccc2cc[nH]c2c1. The predicted molar refractivity (Wildman–Crippen MR) is 143 cm³/mol. The van der Waals surface area contributed by atoms with Crippen molar-refractivity contribution in [3.8, 4) is 0 Å². The highest BCUT2D eigenvalue weighted by molar-refractivity contribution is 6.00. The predicted octanol–water partition coefficient (Wildman–Crippen LogP) is 3.73. The molecule has 0 fully saturated rings. The molecule has 0 unspecified atom stereocenters. The summed E-state index contributed by atoms with van der Waals surface area (Å²) in [6.07, 6.45) is 3.92. The number of hydrogen-bond acceptors (Lipinski definition) is 5. The van der Waals surface area contributed by atoms with Crippen LogP contribution in [0, 0.1) is 0 Å². The molecule has 0 radical (unpaired) electrons. The Labute approximate surface area is 221 Å². The normalized spacial score (nSPS) is 11.5. The van der Waals surface area contributed by atoms with Crippen molar-refractivity contribution >= 4 is 34.8 Å². The van der Waals surface area contributed by atoms with Gasteiger partial charge in [-0.2, -0.15) is 0 Å². The molecule has 3 rings (SSSR count). The number of unbranched alkanes of at least 4 members (excludes halogenated alkanes) is 2. The van der Waals surface area contributed by atoms with E-state index in [1.165, 1.54) is 0 Å². The molecular weight excluding hydrogens is 488 g/mol. The van der Waals surface area contributed by atoms with Crippen molar-refractivity contribution < 1.29 is 29.0 Å². The van der Waals surface area contributed by atoms with Crippen molar-refractivity contribution in [2.24, 2.45) is 0 Å². The van der Waals surface area contributed by atoms with E-state index < -0.39 is 18.1 Å². The maximum atomic E-state index is 12.9. The van der Waals surface area contributed by atoms with Crippen molar-refractivity contribution in [3.63, 3.8) is 0 Å². The van der Waals surface area contributed by atoms with Crippen LogP contribution in [-0.4, -0.2) is 53.1 Å². The summed E-state index contributed by atoms with van der Waals surface area (Å²) in [6.45, 7) is 0.811. The molecule has 3 amide bonds. The number of carbonyl (C=O) groups excluding carboxylic acids is 3. The molecule has 10 nitrogen and oxygen atoms in total. The standard InChI is InChI=1S/C28H34N4O6/c33-25(34)11-5-2-6-15-30-27(36)23(32-26(35)22-13-12-21-14-17-29-24(21)18-22)10-7-16-31-28(37)38-19-20-8-3-1-4-9-20/h1,3-4,8-9,12-14,17-18,23,29H,2,5-7,10-11,15-16,19H2,(H,30,36)(H,31,37)(H,32,35)(H,33,34)/t23-/m0/s1. The molecule has 1 heterocycles. The van der Waals surface area contributed by atoms with Gasteiger partial charge in [-0.1, -0.05) is 42.8 Å². The largest absolute Gasteiger partial charge is 0.481 e. The Morgan fingerprint density at radius 2 is 1.68 bits per heavy atom. The van der Waals surface area contributed by atoms with E-state index in [4.69, 9.17) is 9.84 Å². The van der Waals surface area contributed by atoms with Gasteiger partial charge in [0.25, 0.3) is 5.91 Å². The van der Waals surface area contributed by atoms with Crippen molar-refractivity contribution in [1.82, 2.24) is 20.9 Å². The molecule has 0 saturated carbocycles. The first-order valence-electron chi connectivity index (χ1n) is 12.7. The first-order valence-corrected chi connectivity index (χ1v) is 12.7.